The molecule has 0 atom stereocenters. The molecular formula is C13H15N3O3. The maximum Gasteiger partial charge on any atom is 0.272 e. The Morgan fingerprint density at radius 3 is 2.42 bits per heavy atom. The van der Waals surface area contributed by atoms with Crippen LogP contribution in [-0.4, -0.2) is 24.4 Å². The highest BCUT2D eigenvalue weighted by atomic mass is 16.5. The van der Waals surface area contributed by atoms with Gasteiger partial charge >= 0.3 is 0 Å². The van der Waals surface area contributed by atoms with Crippen molar-refractivity contribution in [2.45, 2.75) is 6.92 Å². The summed E-state index contributed by atoms with van der Waals surface area (Å²) >= 11 is 0. The number of rotatable bonds is 3. The number of benzene rings is 1. The highest BCUT2D eigenvalue weighted by molar-refractivity contribution is 5.73. The van der Waals surface area contributed by atoms with Gasteiger partial charge in [-0.05, 0) is 30.7 Å². The largest absolute Gasteiger partial charge is 0.496 e. The van der Waals surface area contributed by atoms with Gasteiger partial charge in [0, 0.05) is 5.56 Å². The van der Waals surface area contributed by atoms with Crippen molar-refractivity contribution in [3.63, 3.8) is 0 Å². The van der Waals surface area contributed by atoms with E-state index < -0.39 is 0 Å². The smallest absolute Gasteiger partial charge is 0.272 e. The summed E-state index contributed by atoms with van der Waals surface area (Å²) in [7, 11) is 3.12. The Kier molecular flexibility index (Phi) is 3.41. The van der Waals surface area contributed by atoms with Crippen LogP contribution in [0.25, 0.3) is 11.1 Å². The van der Waals surface area contributed by atoms with Gasteiger partial charge in [-0.1, -0.05) is 0 Å². The lowest BCUT2D eigenvalue weighted by Crippen LogP contribution is -2.12. The zero-order valence-electron chi connectivity index (χ0n) is 11.0. The monoisotopic (exact) mass is 261 g/mol. The van der Waals surface area contributed by atoms with Gasteiger partial charge in [-0.2, -0.15) is 5.10 Å². The van der Waals surface area contributed by atoms with Crippen LogP contribution < -0.4 is 20.8 Å². The zero-order valence-corrected chi connectivity index (χ0v) is 11.0. The number of nitrogens with one attached hydrogen (secondary N) is 1. The van der Waals surface area contributed by atoms with Gasteiger partial charge in [0.2, 0.25) is 0 Å². The average Bonchev–Trinajstić information content (AvgIpc) is 2.41. The van der Waals surface area contributed by atoms with Crippen LogP contribution in [0.4, 0.5) is 5.82 Å². The van der Waals surface area contributed by atoms with Crippen LogP contribution in [0.2, 0.25) is 0 Å². The van der Waals surface area contributed by atoms with Crippen molar-refractivity contribution in [1.82, 2.24) is 10.2 Å². The number of aromatic amines is 1. The van der Waals surface area contributed by atoms with Gasteiger partial charge in [-0.3, -0.25) is 4.79 Å². The van der Waals surface area contributed by atoms with Gasteiger partial charge in [0.1, 0.15) is 17.3 Å². The second-order valence-electron chi connectivity index (χ2n) is 4.06. The summed E-state index contributed by atoms with van der Waals surface area (Å²) in [5.41, 5.74) is 7.19. The van der Waals surface area contributed by atoms with E-state index >= 15 is 0 Å². The Labute approximate surface area is 110 Å². The molecule has 6 nitrogen and oxygen atoms in total. The summed E-state index contributed by atoms with van der Waals surface area (Å²) in [5.74, 6) is 1.48. The molecule has 2 aromatic rings. The number of methoxy groups -OCH3 is 2. The van der Waals surface area contributed by atoms with Crippen LogP contribution >= 0.6 is 0 Å². The third-order valence-electron chi connectivity index (χ3n) is 2.83. The number of aryl methyl sites for hydroxylation is 1. The van der Waals surface area contributed by atoms with Crippen molar-refractivity contribution in [1.29, 1.82) is 0 Å². The van der Waals surface area contributed by atoms with Crippen molar-refractivity contribution >= 4 is 5.82 Å². The Balaban J connectivity index is 2.73. The Bertz CT molecular complexity index is 665. The van der Waals surface area contributed by atoms with Crippen molar-refractivity contribution in [3.05, 3.63) is 34.1 Å². The number of hydrogen-bond donors (Lipinski definition) is 2. The van der Waals surface area contributed by atoms with Crippen molar-refractivity contribution in [3.8, 4) is 22.6 Å². The van der Waals surface area contributed by atoms with E-state index in [2.05, 4.69) is 10.2 Å². The van der Waals surface area contributed by atoms with Crippen LogP contribution in [0, 0.1) is 6.92 Å². The van der Waals surface area contributed by atoms with Crippen molar-refractivity contribution < 1.29 is 9.47 Å². The molecule has 0 aliphatic heterocycles. The molecule has 0 bridgehead atoms. The Morgan fingerprint density at radius 1 is 1.11 bits per heavy atom. The minimum absolute atomic E-state index is 0.233. The highest BCUT2D eigenvalue weighted by Crippen LogP contribution is 2.34. The van der Waals surface area contributed by atoms with Crippen LogP contribution in [0.3, 0.4) is 0 Å². The molecular weight excluding hydrogens is 246 g/mol. The molecule has 2 rings (SSSR count). The molecule has 0 saturated carbocycles. The lowest BCUT2D eigenvalue weighted by molar-refractivity contribution is 0.402. The molecule has 0 spiro atoms. The Morgan fingerprint density at radius 2 is 1.79 bits per heavy atom. The quantitative estimate of drug-likeness (QED) is 0.870. The van der Waals surface area contributed by atoms with Crippen LogP contribution in [0.5, 0.6) is 11.5 Å². The van der Waals surface area contributed by atoms with E-state index in [0.29, 0.717) is 22.6 Å². The summed E-state index contributed by atoms with van der Waals surface area (Å²) in [6.07, 6.45) is 0. The molecule has 1 aromatic heterocycles. The number of nitrogens with zero attached hydrogens (tertiary/aromatic N) is 1. The second-order valence-corrected chi connectivity index (χ2v) is 4.06. The van der Waals surface area contributed by atoms with Crippen LogP contribution in [0.1, 0.15) is 5.56 Å². The van der Waals surface area contributed by atoms with Gasteiger partial charge < -0.3 is 15.2 Å². The van der Waals surface area contributed by atoms with Crippen LogP contribution in [0.15, 0.2) is 23.0 Å². The van der Waals surface area contributed by atoms with Gasteiger partial charge in [-0.15, -0.1) is 0 Å². The molecule has 0 radical (unpaired) electrons. The standard InChI is InChI=1S/C13H15N3O3/c1-7-4-11(19-3)8(5-10(7)18-2)9-6-12(14)15-16-13(9)17/h4-6H,1-3H3,(H2,14,15)(H,16,17). The van der Waals surface area contributed by atoms with E-state index in [0.717, 1.165) is 5.56 Å². The Hall–Kier alpha value is -2.50. The maximum absolute atomic E-state index is 11.9. The van der Waals surface area contributed by atoms with E-state index in [9.17, 15) is 4.79 Å². The topological polar surface area (TPSA) is 90.2 Å². The molecule has 1 heterocycles. The van der Waals surface area contributed by atoms with Crippen molar-refractivity contribution in [2.75, 3.05) is 20.0 Å². The predicted molar refractivity (Wildman–Crippen MR) is 72.5 cm³/mol. The number of ether oxygens (including phenoxy) is 2. The molecule has 0 unspecified atom stereocenters. The highest BCUT2D eigenvalue weighted by Gasteiger charge is 2.14. The number of H-pyrrole nitrogens is 1. The third kappa shape index (κ3) is 2.37. The zero-order chi connectivity index (χ0) is 14.0. The first-order chi connectivity index (χ1) is 9.06. The summed E-state index contributed by atoms with van der Waals surface area (Å²) in [6, 6.07) is 5.06. The number of nitrogens with two attached hydrogens (primary N) is 1. The molecule has 0 saturated heterocycles. The fraction of sp³-hybridized carbons (Fsp3) is 0.231. The fourth-order valence-corrected chi connectivity index (χ4v) is 1.88. The molecule has 0 amide bonds. The minimum atomic E-state index is -0.335. The molecule has 3 N–H and O–H groups in total. The summed E-state index contributed by atoms with van der Waals surface area (Å²) in [4.78, 5) is 11.9. The minimum Gasteiger partial charge on any atom is -0.496 e. The second kappa shape index (κ2) is 5.01. The SMILES string of the molecule is COc1cc(-c2cc(N)n[nH]c2=O)c(OC)cc1C. The van der Waals surface area contributed by atoms with E-state index in [1.165, 1.54) is 6.07 Å². The van der Waals surface area contributed by atoms with Crippen LogP contribution in [-0.2, 0) is 0 Å². The first kappa shape index (κ1) is 12.9. The molecule has 1 aromatic carbocycles. The first-order valence-electron chi connectivity index (χ1n) is 5.65. The molecule has 6 heteroatoms. The van der Waals surface area contributed by atoms with Gasteiger partial charge in [0.15, 0.2) is 0 Å². The van der Waals surface area contributed by atoms with Gasteiger partial charge in [0.25, 0.3) is 5.56 Å². The van der Waals surface area contributed by atoms with Gasteiger partial charge in [-0.25, -0.2) is 5.10 Å². The fourth-order valence-electron chi connectivity index (χ4n) is 1.88. The van der Waals surface area contributed by atoms with E-state index in [1.807, 2.05) is 13.0 Å². The third-order valence-corrected chi connectivity index (χ3v) is 2.83. The van der Waals surface area contributed by atoms with E-state index in [-0.39, 0.29) is 11.4 Å². The van der Waals surface area contributed by atoms with Crippen molar-refractivity contribution in [2.24, 2.45) is 0 Å². The first-order valence-corrected chi connectivity index (χ1v) is 5.65. The lowest BCUT2D eigenvalue weighted by atomic mass is 10.0. The number of aromatic nitrogens is 2. The predicted octanol–water partition coefficient (Wildman–Crippen LogP) is 1.34. The maximum atomic E-state index is 11.9. The molecule has 0 fully saturated rings. The number of nitrogen functional groups attached to an aromatic ring is 1. The number of hydrogen-bond acceptors (Lipinski definition) is 5. The van der Waals surface area contributed by atoms with E-state index in [1.54, 1.807) is 20.3 Å². The lowest BCUT2D eigenvalue weighted by Gasteiger charge is -2.12. The normalized spacial score (nSPS) is 10.3. The molecule has 100 valence electrons. The molecule has 0 aliphatic carbocycles. The molecule has 19 heavy (non-hydrogen) atoms. The van der Waals surface area contributed by atoms with E-state index in [4.69, 9.17) is 15.2 Å². The number of anilines is 1. The summed E-state index contributed by atoms with van der Waals surface area (Å²) < 4.78 is 10.6. The van der Waals surface area contributed by atoms with Gasteiger partial charge in [0.05, 0.1) is 19.8 Å². The average molecular weight is 261 g/mol. The summed E-state index contributed by atoms with van der Waals surface area (Å²) in [6.45, 7) is 1.90. The molecule has 0 aliphatic rings. The summed E-state index contributed by atoms with van der Waals surface area (Å²) in [5, 5.41) is 5.99.